The third-order valence-electron chi connectivity index (χ3n) is 3.27. The molecule has 1 aliphatic heterocycles. The summed E-state index contributed by atoms with van der Waals surface area (Å²) in [5.74, 6) is 1.09. The lowest BCUT2D eigenvalue weighted by Gasteiger charge is -2.34. The monoisotopic (exact) mass is 251 g/mol. The van der Waals surface area contributed by atoms with Gasteiger partial charge in [-0.1, -0.05) is 19.1 Å². The van der Waals surface area contributed by atoms with Crippen LogP contribution in [0.3, 0.4) is 0 Å². The quantitative estimate of drug-likeness (QED) is 0.841. The standard InChI is InChI=1S/C12H21N5O/c1-9-5-10(2)7-16(6-9)12(18)11-8-17(4-3-13)15-14-11/h8-10H,3-7,13H2,1-2H3. The van der Waals surface area contributed by atoms with Crippen LogP contribution in [0.4, 0.5) is 0 Å². The first-order valence-corrected chi connectivity index (χ1v) is 6.49. The zero-order valence-electron chi connectivity index (χ0n) is 11.0. The number of aromatic nitrogens is 3. The van der Waals surface area contributed by atoms with Crippen LogP contribution in [-0.4, -0.2) is 45.4 Å². The van der Waals surface area contributed by atoms with Crippen molar-refractivity contribution in [1.29, 1.82) is 0 Å². The third-order valence-corrected chi connectivity index (χ3v) is 3.27. The van der Waals surface area contributed by atoms with E-state index in [1.54, 1.807) is 10.9 Å². The summed E-state index contributed by atoms with van der Waals surface area (Å²) in [5, 5.41) is 7.83. The van der Waals surface area contributed by atoms with Crippen molar-refractivity contribution in [2.45, 2.75) is 26.8 Å². The van der Waals surface area contributed by atoms with Crippen molar-refractivity contribution in [2.24, 2.45) is 17.6 Å². The smallest absolute Gasteiger partial charge is 0.276 e. The molecule has 2 atom stereocenters. The number of carbonyl (C=O) groups is 1. The van der Waals surface area contributed by atoms with Crippen LogP contribution in [0.2, 0.25) is 0 Å². The molecule has 0 saturated carbocycles. The zero-order valence-corrected chi connectivity index (χ0v) is 11.0. The number of hydrogen-bond acceptors (Lipinski definition) is 4. The minimum Gasteiger partial charge on any atom is -0.337 e. The van der Waals surface area contributed by atoms with E-state index in [2.05, 4.69) is 24.2 Å². The van der Waals surface area contributed by atoms with Gasteiger partial charge in [0.25, 0.3) is 5.91 Å². The summed E-state index contributed by atoms with van der Waals surface area (Å²) in [7, 11) is 0. The fourth-order valence-electron chi connectivity index (χ4n) is 2.63. The summed E-state index contributed by atoms with van der Waals surface area (Å²) in [6.45, 7) is 7.07. The number of hydrogen-bond donors (Lipinski definition) is 1. The molecule has 18 heavy (non-hydrogen) atoms. The van der Waals surface area contributed by atoms with E-state index in [9.17, 15) is 4.79 Å². The van der Waals surface area contributed by atoms with E-state index in [0.717, 1.165) is 13.1 Å². The first-order chi connectivity index (χ1) is 8.60. The highest BCUT2D eigenvalue weighted by atomic mass is 16.2. The molecule has 1 fully saturated rings. The Balaban J connectivity index is 2.05. The molecule has 0 aromatic carbocycles. The SMILES string of the molecule is CC1CC(C)CN(C(=O)c2cn(CCN)nn2)C1. The second-order valence-electron chi connectivity index (χ2n) is 5.31. The average molecular weight is 251 g/mol. The Morgan fingerprint density at radius 3 is 2.72 bits per heavy atom. The molecule has 2 N–H and O–H groups in total. The van der Waals surface area contributed by atoms with E-state index in [4.69, 9.17) is 5.73 Å². The van der Waals surface area contributed by atoms with Crippen molar-refractivity contribution in [2.75, 3.05) is 19.6 Å². The lowest BCUT2D eigenvalue weighted by molar-refractivity contribution is 0.0617. The molecule has 1 aliphatic rings. The molecular weight excluding hydrogens is 230 g/mol. The van der Waals surface area contributed by atoms with Gasteiger partial charge in [-0.15, -0.1) is 5.10 Å². The Labute approximate surface area is 107 Å². The zero-order chi connectivity index (χ0) is 13.1. The van der Waals surface area contributed by atoms with E-state index in [1.807, 2.05) is 4.90 Å². The second kappa shape index (κ2) is 5.48. The molecule has 100 valence electrons. The van der Waals surface area contributed by atoms with Gasteiger partial charge in [0.2, 0.25) is 0 Å². The van der Waals surface area contributed by atoms with Crippen molar-refractivity contribution in [1.82, 2.24) is 19.9 Å². The fraction of sp³-hybridized carbons (Fsp3) is 0.750. The molecule has 6 nitrogen and oxygen atoms in total. The molecule has 2 rings (SSSR count). The van der Waals surface area contributed by atoms with E-state index >= 15 is 0 Å². The van der Waals surface area contributed by atoms with Gasteiger partial charge < -0.3 is 10.6 Å². The Kier molecular flexibility index (Phi) is 3.96. The number of carbonyl (C=O) groups excluding carboxylic acids is 1. The number of piperidine rings is 1. The van der Waals surface area contributed by atoms with Gasteiger partial charge >= 0.3 is 0 Å². The molecule has 6 heteroatoms. The van der Waals surface area contributed by atoms with Gasteiger partial charge in [0.05, 0.1) is 12.7 Å². The Morgan fingerprint density at radius 1 is 1.44 bits per heavy atom. The molecule has 0 radical (unpaired) electrons. The van der Waals surface area contributed by atoms with Crippen LogP contribution in [0.15, 0.2) is 6.20 Å². The minimum atomic E-state index is -0.0170. The predicted molar refractivity (Wildman–Crippen MR) is 67.9 cm³/mol. The van der Waals surface area contributed by atoms with Gasteiger partial charge in [0.1, 0.15) is 0 Å². The average Bonchev–Trinajstić information content (AvgIpc) is 2.76. The molecular formula is C12H21N5O. The predicted octanol–water partition coefficient (Wildman–Crippen LogP) is 0.355. The highest BCUT2D eigenvalue weighted by Gasteiger charge is 2.27. The van der Waals surface area contributed by atoms with Crippen LogP contribution in [0.25, 0.3) is 0 Å². The number of nitrogens with zero attached hydrogens (tertiary/aromatic N) is 4. The van der Waals surface area contributed by atoms with E-state index in [0.29, 0.717) is 30.6 Å². The van der Waals surface area contributed by atoms with E-state index in [1.165, 1.54) is 6.42 Å². The topological polar surface area (TPSA) is 77.0 Å². The molecule has 1 aromatic rings. The number of rotatable bonds is 3. The fourth-order valence-corrected chi connectivity index (χ4v) is 2.63. The largest absolute Gasteiger partial charge is 0.337 e. The van der Waals surface area contributed by atoms with Gasteiger partial charge in [-0.25, -0.2) is 0 Å². The molecule has 2 heterocycles. The van der Waals surface area contributed by atoms with Crippen LogP contribution in [-0.2, 0) is 6.54 Å². The lowest BCUT2D eigenvalue weighted by Crippen LogP contribution is -2.42. The van der Waals surface area contributed by atoms with E-state index < -0.39 is 0 Å². The summed E-state index contributed by atoms with van der Waals surface area (Å²) in [6.07, 6.45) is 2.86. The lowest BCUT2D eigenvalue weighted by atomic mass is 9.92. The molecule has 0 bridgehead atoms. The van der Waals surface area contributed by atoms with E-state index in [-0.39, 0.29) is 5.91 Å². The number of nitrogens with two attached hydrogens (primary N) is 1. The minimum absolute atomic E-state index is 0.0170. The first-order valence-electron chi connectivity index (χ1n) is 6.49. The number of likely N-dealkylation sites (tertiary alicyclic amines) is 1. The molecule has 2 unspecified atom stereocenters. The van der Waals surface area contributed by atoms with Crippen molar-refractivity contribution < 1.29 is 4.79 Å². The highest BCUT2D eigenvalue weighted by molar-refractivity contribution is 5.92. The van der Waals surface area contributed by atoms with Crippen LogP contribution in [0, 0.1) is 11.8 Å². The maximum absolute atomic E-state index is 12.3. The van der Waals surface area contributed by atoms with Crippen molar-refractivity contribution in [3.8, 4) is 0 Å². The van der Waals surface area contributed by atoms with Gasteiger partial charge in [0, 0.05) is 19.6 Å². The maximum atomic E-state index is 12.3. The summed E-state index contributed by atoms with van der Waals surface area (Å²) < 4.78 is 1.62. The first kappa shape index (κ1) is 13.0. The summed E-state index contributed by atoms with van der Waals surface area (Å²) >= 11 is 0. The van der Waals surface area contributed by atoms with Gasteiger partial charge in [0.15, 0.2) is 5.69 Å². The highest BCUT2D eigenvalue weighted by Crippen LogP contribution is 2.21. The van der Waals surface area contributed by atoms with Crippen LogP contribution >= 0.6 is 0 Å². The van der Waals surface area contributed by atoms with Crippen molar-refractivity contribution >= 4 is 5.91 Å². The normalized spacial score (nSPS) is 24.3. The van der Waals surface area contributed by atoms with Gasteiger partial charge in [-0.3, -0.25) is 9.48 Å². The summed E-state index contributed by atoms with van der Waals surface area (Å²) in [4.78, 5) is 14.2. The van der Waals surface area contributed by atoms with Crippen molar-refractivity contribution in [3.05, 3.63) is 11.9 Å². The Morgan fingerprint density at radius 2 is 2.11 bits per heavy atom. The van der Waals surface area contributed by atoms with Crippen LogP contribution in [0.1, 0.15) is 30.8 Å². The number of amides is 1. The Hall–Kier alpha value is -1.43. The summed E-state index contributed by atoms with van der Waals surface area (Å²) in [6, 6.07) is 0. The summed E-state index contributed by atoms with van der Waals surface area (Å²) in [5.41, 5.74) is 5.86. The van der Waals surface area contributed by atoms with Crippen molar-refractivity contribution in [3.63, 3.8) is 0 Å². The second-order valence-corrected chi connectivity index (χ2v) is 5.31. The van der Waals surface area contributed by atoms with Gasteiger partial charge in [-0.05, 0) is 18.3 Å². The molecule has 1 amide bonds. The van der Waals surface area contributed by atoms with Gasteiger partial charge in [-0.2, -0.15) is 0 Å². The Bertz CT molecular complexity index is 406. The maximum Gasteiger partial charge on any atom is 0.276 e. The molecule has 0 aliphatic carbocycles. The molecule has 1 aromatic heterocycles. The molecule has 1 saturated heterocycles. The van der Waals surface area contributed by atoms with Crippen LogP contribution < -0.4 is 5.73 Å². The molecule has 0 spiro atoms. The third kappa shape index (κ3) is 2.87. The van der Waals surface area contributed by atoms with Crippen LogP contribution in [0.5, 0.6) is 0 Å².